The van der Waals surface area contributed by atoms with Crippen molar-refractivity contribution in [3.8, 4) is 0 Å². The van der Waals surface area contributed by atoms with E-state index >= 15 is 0 Å². The predicted molar refractivity (Wildman–Crippen MR) is 74.0 cm³/mol. The van der Waals surface area contributed by atoms with Crippen LogP contribution in [-0.2, 0) is 4.74 Å². The minimum atomic E-state index is 0.0876. The highest BCUT2D eigenvalue weighted by atomic mass is 16.5. The summed E-state index contributed by atoms with van der Waals surface area (Å²) in [5.74, 6) is 0.811. The van der Waals surface area contributed by atoms with Crippen LogP contribution in [-0.4, -0.2) is 34.4 Å². The van der Waals surface area contributed by atoms with Gasteiger partial charge in [-0.2, -0.15) is 5.10 Å². The number of nitrogens with one attached hydrogen (secondary N) is 1. The van der Waals surface area contributed by atoms with Crippen molar-refractivity contribution in [1.29, 1.82) is 0 Å². The molecule has 1 saturated heterocycles. The molecule has 1 atom stereocenters. The third-order valence-electron chi connectivity index (χ3n) is 3.74. The first-order valence-corrected chi connectivity index (χ1v) is 6.56. The Hall–Kier alpha value is -1.75. The smallest absolute Gasteiger partial charge is 0.158 e. The molecular formula is C14H18N4O. The number of rotatable bonds is 2. The molecule has 5 nitrogen and oxygen atoms in total. The van der Waals surface area contributed by atoms with Crippen LogP contribution in [0.5, 0.6) is 0 Å². The average Bonchev–Trinajstić information content (AvgIpc) is 2.41. The van der Waals surface area contributed by atoms with Crippen LogP contribution in [0.2, 0.25) is 0 Å². The average molecular weight is 258 g/mol. The first-order valence-electron chi connectivity index (χ1n) is 6.56. The Morgan fingerprint density at radius 3 is 3.11 bits per heavy atom. The first kappa shape index (κ1) is 12.3. The molecule has 2 aromatic rings. The van der Waals surface area contributed by atoms with E-state index in [0.717, 1.165) is 36.2 Å². The number of nitrogens with zero attached hydrogens (tertiary/aromatic N) is 3. The second kappa shape index (κ2) is 4.74. The Morgan fingerprint density at radius 1 is 1.37 bits per heavy atom. The number of hydrogen-bond acceptors (Lipinski definition) is 5. The molecule has 3 rings (SSSR count). The maximum Gasteiger partial charge on any atom is 0.158 e. The lowest BCUT2D eigenvalue weighted by Gasteiger charge is -2.39. The van der Waals surface area contributed by atoms with E-state index in [9.17, 15) is 0 Å². The molecule has 19 heavy (non-hydrogen) atoms. The molecule has 100 valence electrons. The Kier molecular flexibility index (Phi) is 3.06. The van der Waals surface area contributed by atoms with Crippen LogP contribution in [0, 0.1) is 5.41 Å². The van der Waals surface area contributed by atoms with E-state index in [2.05, 4.69) is 34.3 Å². The third-order valence-corrected chi connectivity index (χ3v) is 3.74. The summed E-state index contributed by atoms with van der Waals surface area (Å²) >= 11 is 0. The number of hydrogen-bond donors (Lipinski definition) is 1. The molecule has 1 aliphatic rings. The summed E-state index contributed by atoms with van der Waals surface area (Å²) in [6, 6.07) is 2.28. The molecule has 0 aliphatic carbocycles. The van der Waals surface area contributed by atoms with Gasteiger partial charge in [-0.15, -0.1) is 5.10 Å². The lowest BCUT2D eigenvalue weighted by Crippen LogP contribution is -2.44. The van der Waals surface area contributed by atoms with Crippen LogP contribution >= 0.6 is 0 Å². The molecule has 5 heteroatoms. The van der Waals surface area contributed by atoms with Crippen molar-refractivity contribution in [2.75, 3.05) is 18.5 Å². The van der Waals surface area contributed by atoms with E-state index in [1.807, 2.05) is 12.3 Å². The summed E-state index contributed by atoms with van der Waals surface area (Å²) in [6.07, 6.45) is 6.34. The van der Waals surface area contributed by atoms with Gasteiger partial charge in [-0.05, 0) is 12.5 Å². The van der Waals surface area contributed by atoms with Gasteiger partial charge in [-0.1, -0.05) is 13.8 Å². The Balaban J connectivity index is 1.93. The maximum atomic E-state index is 5.55. The molecule has 1 fully saturated rings. The van der Waals surface area contributed by atoms with Crippen molar-refractivity contribution in [3.63, 3.8) is 0 Å². The molecule has 0 amide bonds. The number of ether oxygens (including phenoxy) is 1. The summed E-state index contributed by atoms with van der Waals surface area (Å²) in [4.78, 5) is 4.17. The number of fused-ring (bicyclic) bond motifs is 1. The van der Waals surface area contributed by atoms with E-state index in [1.165, 1.54) is 0 Å². The van der Waals surface area contributed by atoms with E-state index < -0.39 is 0 Å². The van der Waals surface area contributed by atoms with Gasteiger partial charge in [0, 0.05) is 41.2 Å². The Labute approximate surface area is 112 Å². The van der Waals surface area contributed by atoms with E-state index in [-0.39, 0.29) is 5.41 Å². The molecule has 3 heterocycles. The molecule has 0 saturated carbocycles. The lowest BCUT2D eigenvalue weighted by molar-refractivity contribution is 0.00340. The number of aromatic nitrogens is 3. The van der Waals surface area contributed by atoms with Crippen molar-refractivity contribution in [3.05, 3.63) is 24.7 Å². The first-order chi connectivity index (χ1) is 9.17. The fourth-order valence-corrected chi connectivity index (χ4v) is 2.49. The zero-order valence-electron chi connectivity index (χ0n) is 11.3. The van der Waals surface area contributed by atoms with Crippen LogP contribution in [0.4, 0.5) is 5.82 Å². The van der Waals surface area contributed by atoms with Crippen molar-refractivity contribution in [1.82, 2.24) is 15.2 Å². The molecule has 0 spiro atoms. The minimum absolute atomic E-state index is 0.0876. The highest BCUT2D eigenvalue weighted by molar-refractivity contribution is 5.90. The third kappa shape index (κ3) is 2.38. The molecule has 0 aromatic carbocycles. The van der Waals surface area contributed by atoms with Crippen LogP contribution in [0.1, 0.15) is 20.3 Å². The van der Waals surface area contributed by atoms with Crippen LogP contribution in [0.3, 0.4) is 0 Å². The summed E-state index contributed by atoms with van der Waals surface area (Å²) < 4.78 is 5.55. The maximum absolute atomic E-state index is 5.55. The largest absolute Gasteiger partial charge is 0.381 e. The van der Waals surface area contributed by atoms with Crippen molar-refractivity contribution in [2.24, 2.45) is 5.41 Å². The highest BCUT2D eigenvalue weighted by Gasteiger charge is 2.33. The SMILES string of the molecule is CC1(C)COCCC1Nc1nncc2ccncc12. The van der Waals surface area contributed by atoms with E-state index in [1.54, 1.807) is 12.4 Å². The molecule has 0 radical (unpaired) electrons. The quantitative estimate of drug-likeness (QED) is 0.895. The fraction of sp³-hybridized carbons (Fsp3) is 0.500. The van der Waals surface area contributed by atoms with E-state index in [0.29, 0.717) is 6.04 Å². The van der Waals surface area contributed by atoms with Crippen LogP contribution in [0.25, 0.3) is 10.8 Å². The van der Waals surface area contributed by atoms with Crippen molar-refractivity contribution < 1.29 is 4.74 Å². The van der Waals surface area contributed by atoms with Gasteiger partial charge in [-0.25, -0.2) is 0 Å². The minimum Gasteiger partial charge on any atom is -0.381 e. The fourth-order valence-electron chi connectivity index (χ4n) is 2.49. The second-order valence-corrected chi connectivity index (χ2v) is 5.68. The van der Waals surface area contributed by atoms with Gasteiger partial charge in [0.25, 0.3) is 0 Å². The molecule has 1 aliphatic heterocycles. The summed E-state index contributed by atoms with van der Waals surface area (Å²) in [5.41, 5.74) is 0.0876. The zero-order valence-corrected chi connectivity index (χ0v) is 11.3. The van der Waals surface area contributed by atoms with Crippen molar-refractivity contribution >= 4 is 16.6 Å². The molecule has 1 N–H and O–H groups in total. The molecule has 0 bridgehead atoms. The van der Waals surface area contributed by atoms with Crippen LogP contribution in [0.15, 0.2) is 24.7 Å². The normalized spacial score (nSPS) is 22.3. The Bertz CT molecular complexity index is 579. The molecular weight excluding hydrogens is 240 g/mol. The van der Waals surface area contributed by atoms with Gasteiger partial charge < -0.3 is 10.1 Å². The summed E-state index contributed by atoms with van der Waals surface area (Å²) in [6.45, 7) is 5.97. The monoisotopic (exact) mass is 258 g/mol. The van der Waals surface area contributed by atoms with E-state index in [4.69, 9.17) is 4.74 Å². The summed E-state index contributed by atoms with van der Waals surface area (Å²) in [7, 11) is 0. The van der Waals surface area contributed by atoms with Gasteiger partial charge in [0.15, 0.2) is 5.82 Å². The number of anilines is 1. The van der Waals surface area contributed by atoms with Gasteiger partial charge in [0.2, 0.25) is 0 Å². The predicted octanol–water partition coefficient (Wildman–Crippen LogP) is 2.25. The topological polar surface area (TPSA) is 59.9 Å². The van der Waals surface area contributed by atoms with Gasteiger partial charge >= 0.3 is 0 Å². The summed E-state index contributed by atoms with van der Waals surface area (Å²) in [5, 5.41) is 13.9. The second-order valence-electron chi connectivity index (χ2n) is 5.68. The van der Waals surface area contributed by atoms with Gasteiger partial charge in [0.1, 0.15) is 0 Å². The van der Waals surface area contributed by atoms with Gasteiger partial charge in [0.05, 0.1) is 12.8 Å². The van der Waals surface area contributed by atoms with Crippen LogP contribution < -0.4 is 5.32 Å². The Morgan fingerprint density at radius 2 is 2.26 bits per heavy atom. The molecule has 1 unspecified atom stereocenters. The molecule has 2 aromatic heterocycles. The standard InChI is InChI=1S/C14H18N4O/c1-14(2)9-19-6-4-12(14)17-13-11-8-15-5-3-10(11)7-16-18-13/h3,5,7-8,12H,4,6,9H2,1-2H3,(H,17,18). The van der Waals surface area contributed by atoms with Crippen molar-refractivity contribution in [2.45, 2.75) is 26.3 Å². The highest BCUT2D eigenvalue weighted by Crippen LogP contribution is 2.31. The zero-order chi connectivity index (χ0) is 13.3. The lowest BCUT2D eigenvalue weighted by atomic mass is 9.82. The van der Waals surface area contributed by atoms with Gasteiger partial charge in [-0.3, -0.25) is 4.98 Å². The number of pyridine rings is 1.